The lowest BCUT2D eigenvalue weighted by Gasteiger charge is -2.05. The Labute approximate surface area is 113 Å². The molecule has 96 valence electrons. The van der Waals surface area contributed by atoms with Crippen LogP contribution >= 0.6 is 12.2 Å². The summed E-state index contributed by atoms with van der Waals surface area (Å²) in [6.45, 7) is 6.34. The summed E-state index contributed by atoms with van der Waals surface area (Å²) in [5.41, 5.74) is 4.71. The quantitative estimate of drug-likeness (QED) is 0.369. The SMILES string of the molecule is C=C(C)CNC(=S)N/N=C\c1ccc(OC)cc1. The Balaban J connectivity index is 2.39. The molecule has 0 aliphatic carbocycles. The Bertz CT molecular complexity index is 440. The fourth-order valence-electron chi connectivity index (χ4n) is 1.13. The van der Waals surface area contributed by atoms with Gasteiger partial charge in [-0.05, 0) is 49.0 Å². The average Bonchev–Trinajstić information content (AvgIpc) is 2.37. The molecule has 2 N–H and O–H groups in total. The first-order chi connectivity index (χ1) is 8.61. The molecule has 0 heterocycles. The van der Waals surface area contributed by atoms with Crippen molar-refractivity contribution in [2.75, 3.05) is 13.7 Å². The molecule has 0 spiro atoms. The van der Waals surface area contributed by atoms with E-state index in [1.807, 2.05) is 31.2 Å². The molecule has 0 saturated carbocycles. The maximum Gasteiger partial charge on any atom is 0.187 e. The summed E-state index contributed by atoms with van der Waals surface area (Å²) in [5.74, 6) is 0.818. The monoisotopic (exact) mass is 263 g/mol. The lowest BCUT2D eigenvalue weighted by atomic mass is 10.2. The minimum absolute atomic E-state index is 0.475. The molecular formula is C13H17N3OS. The lowest BCUT2D eigenvalue weighted by Crippen LogP contribution is -2.32. The molecular weight excluding hydrogens is 246 g/mol. The van der Waals surface area contributed by atoms with Crippen LogP contribution in [0.15, 0.2) is 41.5 Å². The predicted octanol–water partition coefficient (Wildman–Crippen LogP) is 2.07. The molecule has 0 atom stereocenters. The second-order valence-corrected chi connectivity index (χ2v) is 4.19. The third kappa shape index (κ3) is 5.45. The van der Waals surface area contributed by atoms with Crippen LogP contribution < -0.4 is 15.5 Å². The van der Waals surface area contributed by atoms with Gasteiger partial charge in [0.2, 0.25) is 0 Å². The number of hydrogen-bond donors (Lipinski definition) is 2. The zero-order chi connectivity index (χ0) is 13.4. The molecule has 1 aromatic rings. The van der Waals surface area contributed by atoms with Crippen LogP contribution in [0.4, 0.5) is 0 Å². The summed E-state index contributed by atoms with van der Waals surface area (Å²) < 4.78 is 5.07. The Morgan fingerprint density at radius 1 is 1.44 bits per heavy atom. The van der Waals surface area contributed by atoms with Crippen LogP contribution in [0.25, 0.3) is 0 Å². The van der Waals surface area contributed by atoms with E-state index in [9.17, 15) is 0 Å². The van der Waals surface area contributed by atoms with Crippen molar-refractivity contribution >= 4 is 23.5 Å². The van der Waals surface area contributed by atoms with Gasteiger partial charge in [0.05, 0.1) is 13.3 Å². The van der Waals surface area contributed by atoms with Gasteiger partial charge in [-0.2, -0.15) is 5.10 Å². The van der Waals surface area contributed by atoms with E-state index in [2.05, 4.69) is 22.4 Å². The third-order valence-electron chi connectivity index (χ3n) is 2.05. The maximum absolute atomic E-state index is 5.07. The van der Waals surface area contributed by atoms with Crippen molar-refractivity contribution in [1.29, 1.82) is 0 Å². The molecule has 0 bridgehead atoms. The molecule has 0 amide bonds. The van der Waals surface area contributed by atoms with Crippen molar-refractivity contribution in [1.82, 2.24) is 10.7 Å². The fraction of sp³-hybridized carbons (Fsp3) is 0.231. The molecule has 0 radical (unpaired) electrons. The summed E-state index contributed by atoms with van der Waals surface area (Å²) in [5, 5.41) is 7.47. The number of hydrazone groups is 1. The summed E-state index contributed by atoms with van der Waals surface area (Å²) in [6.07, 6.45) is 1.69. The molecule has 0 aliphatic rings. The molecule has 18 heavy (non-hydrogen) atoms. The number of benzene rings is 1. The van der Waals surface area contributed by atoms with Gasteiger partial charge < -0.3 is 10.1 Å². The topological polar surface area (TPSA) is 45.7 Å². The highest BCUT2D eigenvalue weighted by atomic mass is 32.1. The first-order valence-electron chi connectivity index (χ1n) is 5.47. The maximum atomic E-state index is 5.07. The van der Waals surface area contributed by atoms with Crippen LogP contribution in [-0.4, -0.2) is 25.0 Å². The van der Waals surface area contributed by atoms with E-state index in [4.69, 9.17) is 17.0 Å². The first-order valence-corrected chi connectivity index (χ1v) is 5.88. The van der Waals surface area contributed by atoms with Crippen molar-refractivity contribution in [3.8, 4) is 5.75 Å². The van der Waals surface area contributed by atoms with Gasteiger partial charge in [0.15, 0.2) is 5.11 Å². The Morgan fingerprint density at radius 3 is 2.67 bits per heavy atom. The van der Waals surface area contributed by atoms with Gasteiger partial charge in [-0.25, -0.2) is 0 Å². The Morgan fingerprint density at radius 2 is 2.11 bits per heavy atom. The Hall–Kier alpha value is -1.88. The van der Waals surface area contributed by atoms with Crippen molar-refractivity contribution in [2.24, 2.45) is 5.10 Å². The molecule has 1 rings (SSSR count). The standard InChI is InChI=1S/C13H17N3OS/c1-10(2)8-14-13(18)16-15-9-11-4-6-12(17-3)7-5-11/h4-7,9H,1,8H2,2-3H3,(H2,14,16,18)/b15-9-. The fourth-order valence-corrected chi connectivity index (χ4v) is 1.25. The van der Waals surface area contributed by atoms with E-state index in [0.717, 1.165) is 16.9 Å². The van der Waals surface area contributed by atoms with Gasteiger partial charge in [0.1, 0.15) is 5.75 Å². The number of methoxy groups -OCH3 is 1. The van der Waals surface area contributed by atoms with E-state index in [1.54, 1.807) is 13.3 Å². The number of ether oxygens (including phenoxy) is 1. The zero-order valence-electron chi connectivity index (χ0n) is 10.6. The van der Waals surface area contributed by atoms with E-state index in [-0.39, 0.29) is 0 Å². The Kier molecular flexibility index (Phi) is 5.87. The highest BCUT2D eigenvalue weighted by Gasteiger charge is 1.93. The average molecular weight is 263 g/mol. The molecule has 0 fully saturated rings. The van der Waals surface area contributed by atoms with Crippen LogP contribution in [0.5, 0.6) is 5.75 Å². The minimum atomic E-state index is 0.475. The molecule has 0 aromatic heterocycles. The van der Waals surface area contributed by atoms with Crippen LogP contribution in [0.3, 0.4) is 0 Å². The van der Waals surface area contributed by atoms with E-state index >= 15 is 0 Å². The molecule has 1 aromatic carbocycles. The number of rotatable bonds is 5. The number of thiocarbonyl (C=S) groups is 1. The van der Waals surface area contributed by atoms with Gasteiger partial charge in [-0.3, -0.25) is 5.43 Å². The molecule has 0 saturated heterocycles. The molecule has 0 unspecified atom stereocenters. The third-order valence-corrected chi connectivity index (χ3v) is 2.28. The summed E-state index contributed by atoms with van der Waals surface area (Å²) >= 11 is 5.03. The number of hydrogen-bond acceptors (Lipinski definition) is 3. The van der Waals surface area contributed by atoms with Crippen molar-refractivity contribution in [2.45, 2.75) is 6.92 Å². The minimum Gasteiger partial charge on any atom is -0.497 e. The van der Waals surface area contributed by atoms with E-state index < -0.39 is 0 Å². The highest BCUT2D eigenvalue weighted by molar-refractivity contribution is 7.80. The van der Waals surface area contributed by atoms with Crippen LogP contribution in [0, 0.1) is 0 Å². The second-order valence-electron chi connectivity index (χ2n) is 3.78. The van der Waals surface area contributed by atoms with Crippen LogP contribution in [0.1, 0.15) is 12.5 Å². The smallest absolute Gasteiger partial charge is 0.187 e. The summed E-state index contributed by atoms with van der Waals surface area (Å²) in [7, 11) is 1.64. The van der Waals surface area contributed by atoms with Crippen LogP contribution in [-0.2, 0) is 0 Å². The lowest BCUT2D eigenvalue weighted by molar-refractivity contribution is 0.415. The van der Waals surface area contributed by atoms with Gasteiger partial charge >= 0.3 is 0 Å². The normalized spacial score (nSPS) is 10.1. The molecule has 4 nitrogen and oxygen atoms in total. The van der Waals surface area contributed by atoms with Crippen molar-refractivity contribution in [3.05, 3.63) is 42.0 Å². The van der Waals surface area contributed by atoms with Crippen LogP contribution in [0.2, 0.25) is 0 Å². The van der Waals surface area contributed by atoms with E-state index in [0.29, 0.717) is 11.7 Å². The summed E-state index contributed by atoms with van der Waals surface area (Å²) in [6, 6.07) is 7.57. The van der Waals surface area contributed by atoms with Crippen molar-refractivity contribution < 1.29 is 4.74 Å². The van der Waals surface area contributed by atoms with Gasteiger partial charge in [0, 0.05) is 6.54 Å². The second kappa shape index (κ2) is 7.45. The molecule has 5 heteroatoms. The predicted molar refractivity (Wildman–Crippen MR) is 79.1 cm³/mol. The van der Waals surface area contributed by atoms with Gasteiger partial charge in [-0.1, -0.05) is 12.2 Å². The molecule has 0 aliphatic heterocycles. The number of nitrogens with one attached hydrogen (secondary N) is 2. The first kappa shape index (κ1) is 14.2. The van der Waals surface area contributed by atoms with Gasteiger partial charge in [0.25, 0.3) is 0 Å². The zero-order valence-corrected chi connectivity index (χ0v) is 11.4. The summed E-state index contributed by atoms with van der Waals surface area (Å²) in [4.78, 5) is 0. The highest BCUT2D eigenvalue weighted by Crippen LogP contribution is 2.09. The largest absolute Gasteiger partial charge is 0.497 e. The van der Waals surface area contributed by atoms with Gasteiger partial charge in [-0.15, -0.1) is 0 Å². The van der Waals surface area contributed by atoms with Crippen molar-refractivity contribution in [3.63, 3.8) is 0 Å². The number of nitrogens with zero attached hydrogens (tertiary/aromatic N) is 1. The van der Waals surface area contributed by atoms with E-state index in [1.165, 1.54) is 0 Å².